The standard InChI is InChI=1S/C8H17O.C4H9.2CH3.Sn/c1-2-3-4-5-6-7-8-9;1-3-4-2;;;/h2-8H2,1H3;1,3-4H2,2H3;2*1H3;/q-1;;;;+1. The van der Waals surface area contributed by atoms with Crippen molar-refractivity contribution in [2.45, 2.75) is 79.5 Å². The van der Waals surface area contributed by atoms with Gasteiger partial charge in [-0.15, -0.1) is 0 Å². The molecule has 0 fully saturated rings. The van der Waals surface area contributed by atoms with Crippen LogP contribution in [0.4, 0.5) is 0 Å². The van der Waals surface area contributed by atoms with E-state index in [2.05, 4.69) is 23.7 Å². The molecule has 0 rings (SSSR count). The summed E-state index contributed by atoms with van der Waals surface area (Å²) >= 11 is -2.01. The summed E-state index contributed by atoms with van der Waals surface area (Å²) < 4.78 is 7.55. The maximum absolute atomic E-state index is 6.15. The van der Waals surface area contributed by atoms with E-state index < -0.39 is 18.8 Å². The van der Waals surface area contributed by atoms with Crippen molar-refractivity contribution in [2.75, 3.05) is 6.61 Å². The van der Waals surface area contributed by atoms with Crippen LogP contribution in [0.15, 0.2) is 0 Å². The van der Waals surface area contributed by atoms with Crippen LogP contribution in [0, 0.1) is 0 Å². The molecule has 0 heterocycles. The van der Waals surface area contributed by atoms with Crippen LogP contribution in [-0.4, -0.2) is 25.4 Å². The van der Waals surface area contributed by atoms with Crippen LogP contribution in [0.5, 0.6) is 0 Å². The third kappa shape index (κ3) is 11.3. The molecule has 0 saturated heterocycles. The quantitative estimate of drug-likeness (QED) is 0.364. The Labute approximate surface area is 108 Å². The van der Waals surface area contributed by atoms with Gasteiger partial charge < -0.3 is 0 Å². The summed E-state index contributed by atoms with van der Waals surface area (Å²) in [4.78, 5) is 4.86. The Balaban J connectivity index is 3.29. The number of unbranched alkanes of at least 4 members (excludes halogenated alkanes) is 6. The predicted octanol–water partition coefficient (Wildman–Crippen LogP) is 5.37. The van der Waals surface area contributed by atoms with Crippen LogP contribution in [-0.2, 0) is 3.07 Å². The van der Waals surface area contributed by atoms with E-state index in [1.54, 1.807) is 0 Å². The van der Waals surface area contributed by atoms with E-state index in [-0.39, 0.29) is 0 Å². The first-order chi connectivity index (χ1) is 7.62. The van der Waals surface area contributed by atoms with Crippen molar-refractivity contribution in [3.63, 3.8) is 0 Å². The first-order valence-corrected chi connectivity index (χ1v) is 16.2. The fourth-order valence-corrected chi connectivity index (χ4v) is 7.75. The van der Waals surface area contributed by atoms with Crippen molar-refractivity contribution in [2.24, 2.45) is 0 Å². The third-order valence-electron chi connectivity index (χ3n) is 3.12. The van der Waals surface area contributed by atoms with Crippen LogP contribution < -0.4 is 0 Å². The van der Waals surface area contributed by atoms with Crippen LogP contribution in [0.1, 0.15) is 65.2 Å². The van der Waals surface area contributed by atoms with Gasteiger partial charge in [-0.25, -0.2) is 0 Å². The molecule has 0 aromatic rings. The fourth-order valence-electron chi connectivity index (χ4n) is 1.91. The Bertz CT molecular complexity index is 146. The van der Waals surface area contributed by atoms with Crippen molar-refractivity contribution in [1.29, 1.82) is 0 Å². The molecule has 0 N–H and O–H groups in total. The SMILES string of the molecule is CCCCCCCC[O][Sn]([CH3])([CH3])[CH2]CCC. The summed E-state index contributed by atoms with van der Waals surface area (Å²) in [5.41, 5.74) is 0. The Morgan fingerprint density at radius 2 is 1.31 bits per heavy atom. The molecule has 0 radical (unpaired) electrons. The molecule has 0 unspecified atom stereocenters. The molecule has 0 atom stereocenters. The predicted molar refractivity (Wildman–Crippen MR) is 76.5 cm³/mol. The first kappa shape index (κ1) is 16.8. The van der Waals surface area contributed by atoms with E-state index in [4.69, 9.17) is 3.07 Å². The summed E-state index contributed by atoms with van der Waals surface area (Å²) in [6, 6.07) is 0. The van der Waals surface area contributed by atoms with Crippen molar-refractivity contribution in [3.05, 3.63) is 0 Å². The molecule has 0 aromatic carbocycles. The van der Waals surface area contributed by atoms with E-state index in [1.165, 1.54) is 55.8 Å². The van der Waals surface area contributed by atoms with Crippen molar-refractivity contribution in [3.8, 4) is 0 Å². The molecule has 0 aliphatic heterocycles. The maximum atomic E-state index is 6.15. The molecule has 0 aliphatic rings. The second-order valence-electron chi connectivity index (χ2n) is 5.48. The van der Waals surface area contributed by atoms with Gasteiger partial charge in [0.25, 0.3) is 0 Å². The van der Waals surface area contributed by atoms with E-state index in [0.29, 0.717) is 0 Å². The molecule has 98 valence electrons. The summed E-state index contributed by atoms with van der Waals surface area (Å²) in [5, 5.41) is 0. The first-order valence-electron chi connectivity index (χ1n) is 7.26. The van der Waals surface area contributed by atoms with Crippen molar-refractivity contribution >= 4 is 18.8 Å². The molecule has 2 heteroatoms. The zero-order valence-electron chi connectivity index (χ0n) is 12.0. The zero-order valence-corrected chi connectivity index (χ0v) is 14.8. The molecule has 0 aromatic heterocycles. The Hall–Kier alpha value is 0.759. The van der Waals surface area contributed by atoms with Gasteiger partial charge in [-0.2, -0.15) is 0 Å². The Morgan fingerprint density at radius 1 is 0.750 bits per heavy atom. The average molecular weight is 335 g/mol. The summed E-state index contributed by atoms with van der Waals surface area (Å²) in [6.45, 7) is 5.59. The monoisotopic (exact) mass is 336 g/mol. The van der Waals surface area contributed by atoms with E-state index >= 15 is 0 Å². The van der Waals surface area contributed by atoms with Gasteiger partial charge in [0.15, 0.2) is 0 Å². The Morgan fingerprint density at radius 3 is 1.94 bits per heavy atom. The molecule has 1 nitrogen and oxygen atoms in total. The van der Waals surface area contributed by atoms with Crippen LogP contribution >= 0.6 is 0 Å². The zero-order chi connectivity index (χ0) is 12.3. The van der Waals surface area contributed by atoms with Crippen molar-refractivity contribution < 1.29 is 3.07 Å². The van der Waals surface area contributed by atoms with Crippen molar-refractivity contribution in [1.82, 2.24) is 0 Å². The fraction of sp³-hybridized carbons (Fsp3) is 1.00. The van der Waals surface area contributed by atoms with Crippen LogP contribution in [0.3, 0.4) is 0 Å². The van der Waals surface area contributed by atoms with E-state index in [1.807, 2.05) is 0 Å². The van der Waals surface area contributed by atoms with Gasteiger partial charge in [-0.3, -0.25) is 0 Å². The van der Waals surface area contributed by atoms with Gasteiger partial charge >= 0.3 is 108 Å². The second-order valence-corrected chi connectivity index (χ2v) is 17.8. The van der Waals surface area contributed by atoms with Crippen LogP contribution in [0.2, 0.25) is 14.3 Å². The van der Waals surface area contributed by atoms with E-state index in [0.717, 1.165) is 6.61 Å². The molecular weight excluding hydrogens is 303 g/mol. The van der Waals surface area contributed by atoms with Gasteiger partial charge in [0, 0.05) is 0 Å². The Kier molecular flexibility index (Phi) is 11.4. The molecular formula is C14H32OSn. The minimum absolute atomic E-state index is 1.04. The number of hydrogen-bond donors (Lipinski definition) is 0. The molecule has 0 aliphatic carbocycles. The normalized spacial score (nSPS) is 12.0. The molecule has 0 saturated carbocycles. The summed E-state index contributed by atoms with van der Waals surface area (Å²) in [5.74, 6) is 0. The van der Waals surface area contributed by atoms with Crippen LogP contribution in [0.25, 0.3) is 0 Å². The molecule has 0 amide bonds. The number of rotatable bonds is 11. The number of hydrogen-bond acceptors (Lipinski definition) is 1. The third-order valence-corrected chi connectivity index (χ3v) is 10.4. The van der Waals surface area contributed by atoms with Gasteiger partial charge in [0.05, 0.1) is 0 Å². The van der Waals surface area contributed by atoms with Gasteiger partial charge in [-0.05, 0) is 0 Å². The van der Waals surface area contributed by atoms with E-state index in [9.17, 15) is 0 Å². The average Bonchev–Trinajstić information content (AvgIpc) is 2.25. The molecule has 0 bridgehead atoms. The minimum atomic E-state index is -2.01. The summed E-state index contributed by atoms with van der Waals surface area (Å²) in [6.07, 6.45) is 10.9. The van der Waals surface area contributed by atoms with Gasteiger partial charge in [-0.1, -0.05) is 0 Å². The topological polar surface area (TPSA) is 9.23 Å². The summed E-state index contributed by atoms with van der Waals surface area (Å²) in [7, 11) is 0. The second kappa shape index (κ2) is 10.9. The molecule has 0 spiro atoms. The van der Waals surface area contributed by atoms with Gasteiger partial charge in [0.1, 0.15) is 0 Å². The van der Waals surface area contributed by atoms with Gasteiger partial charge in [0.2, 0.25) is 0 Å². The molecule has 16 heavy (non-hydrogen) atoms.